The zero-order valence-electron chi connectivity index (χ0n) is 14.3. The van der Waals surface area contributed by atoms with Crippen molar-refractivity contribution in [3.05, 3.63) is 24.3 Å². The highest BCUT2D eigenvalue weighted by molar-refractivity contribution is 5.37. The smallest absolute Gasteiger partial charge is 0.354 e. The molecule has 0 saturated carbocycles. The molecule has 0 spiro atoms. The molecule has 26 heavy (non-hydrogen) atoms. The van der Waals surface area contributed by atoms with E-state index in [0.29, 0.717) is 31.5 Å². The minimum atomic E-state index is -4.38. The van der Waals surface area contributed by atoms with E-state index in [0.717, 1.165) is 25.4 Å². The van der Waals surface area contributed by atoms with Crippen LogP contribution in [0, 0.1) is 5.92 Å². The molecule has 1 aliphatic rings. The van der Waals surface area contributed by atoms with Crippen molar-refractivity contribution in [2.75, 3.05) is 29.9 Å². The van der Waals surface area contributed by atoms with Gasteiger partial charge >= 0.3 is 6.18 Å². The van der Waals surface area contributed by atoms with Crippen molar-refractivity contribution >= 4 is 11.9 Å². The van der Waals surface area contributed by atoms with Crippen LogP contribution in [0.3, 0.4) is 0 Å². The van der Waals surface area contributed by atoms with Gasteiger partial charge in [0.1, 0.15) is 6.33 Å². The second-order valence-electron chi connectivity index (χ2n) is 6.54. The largest absolute Gasteiger partial charge is 0.419 e. The Hall–Kier alpha value is -2.43. The highest BCUT2D eigenvalue weighted by Crippen LogP contribution is 2.28. The number of anilines is 2. The highest BCUT2D eigenvalue weighted by Gasteiger charge is 2.32. The van der Waals surface area contributed by atoms with Gasteiger partial charge in [-0.25, -0.2) is 9.97 Å². The Morgan fingerprint density at radius 3 is 2.85 bits per heavy atom. The van der Waals surface area contributed by atoms with Crippen molar-refractivity contribution in [2.45, 2.75) is 32.1 Å². The summed E-state index contributed by atoms with van der Waals surface area (Å²) in [6.07, 6.45) is -0.204. The van der Waals surface area contributed by atoms with Gasteiger partial charge in [0.2, 0.25) is 11.9 Å². The van der Waals surface area contributed by atoms with Gasteiger partial charge in [0.25, 0.3) is 0 Å². The molecule has 0 bridgehead atoms. The fourth-order valence-electron chi connectivity index (χ4n) is 2.75. The number of rotatable bonds is 6. The first-order chi connectivity index (χ1) is 12.3. The second kappa shape index (κ2) is 7.44. The van der Waals surface area contributed by atoms with E-state index >= 15 is 0 Å². The molecule has 1 saturated heterocycles. The Kier molecular flexibility index (Phi) is 5.25. The third kappa shape index (κ3) is 4.59. The number of nitrogens with zero attached hydrogens (tertiary/aromatic N) is 6. The van der Waals surface area contributed by atoms with Gasteiger partial charge < -0.3 is 16.0 Å². The maximum absolute atomic E-state index is 12.6. The Morgan fingerprint density at radius 2 is 2.19 bits per heavy atom. The third-order valence-electron chi connectivity index (χ3n) is 4.13. The number of alkyl halides is 3. The van der Waals surface area contributed by atoms with Gasteiger partial charge in [-0.2, -0.15) is 23.3 Å². The summed E-state index contributed by atoms with van der Waals surface area (Å²) in [5, 5.41) is 6.85. The topological polar surface area (TPSA) is 97.8 Å². The summed E-state index contributed by atoms with van der Waals surface area (Å²) in [4.78, 5) is 14.6. The summed E-state index contributed by atoms with van der Waals surface area (Å²) < 4.78 is 39.1. The Labute approximate surface area is 148 Å². The molecule has 0 aromatic carbocycles. The fraction of sp³-hybridized carbons (Fsp3) is 0.600. The van der Waals surface area contributed by atoms with Crippen LogP contribution in [-0.2, 0) is 12.7 Å². The van der Waals surface area contributed by atoms with Gasteiger partial charge in [-0.15, -0.1) is 0 Å². The van der Waals surface area contributed by atoms with E-state index in [2.05, 4.69) is 25.4 Å². The quantitative estimate of drug-likeness (QED) is 0.793. The summed E-state index contributed by atoms with van der Waals surface area (Å²) in [7, 11) is 0. The molecule has 0 aliphatic carbocycles. The molecule has 142 valence electrons. The van der Waals surface area contributed by atoms with E-state index in [4.69, 9.17) is 5.73 Å². The summed E-state index contributed by atoms with van der Waals surface area (Å²) in [6.45, 7) is 4.26. The normalized spacial score (nSPS) is 19.0. The van der Waals surface area contributed by atoms with Crippen molar-refractivity contribution in [2.24, 2.45) is 11.7 Å². The number of nitrogens with two attached hydrogens (primary N) is 1. The first kappa shape index (κ1) is 18.4. The lowest BCUT2D eigenvalue weighted by Crippen LogP contribution is -2.28. The van der Waals surface area contributed by atoms with Crippen molar-refractivity contribution in [3.63, 3.8) is 0 Å². The molecule has 0 amide bonds. The van der Waals surface area contributed by atoms with Crippen LogP contribution in [0.5, 0.6) is 0 Å². The lowest BCUT2D eigenvalue weighted by molar-refractivity contribution is -0.137. The maximum atomic E-state index is 12.6. The zero-order valence-corrected chi connectivity index (χ0v) is 14.3. The van der Waals surface area contributed by atoms with Gasteiger partial charge in [-0.1, -0.05) is 6.92 Å². The number of aromatic nitrogens is 5. The molecule has 1 fully saturated rings. The molecule has 2 atom stereocenters. The van der Waals surface area contributed by atoms with Crippen LogP contribution in [0.2, 0.25) is 0 Å². The average molecular weight is 370 g/mol. The first-order valence-electron chi connectivity index (χ1n) is 8.34. The van der Waals surface area contributed by atoms with Crippen molar-refractivity contribution in [1.82, 2.24) is 24.7 Å². The molecule has 11 heteroatoms. The Balaban J connectivity index is 1.53. The highest BCUT2D eigenvalue weighted by atomic mass is 19.4. The molecule has 2 unspecified atom stereocenters. The molecule has 8 nitrogen and oxygen atoms in total. The van der Waals surface area contributed by atoms with E-state index in [1.54, 1.807) is 0 Å². The van der Waals surface area contributed by atoms with E-state index in [9.17, 15) is 13.2 Å². The molecule has 2 aromatic heterocycles. The van der Waals surface area contributed by atoms with Crippen molar-refractivity contribution in [1.29, 1.82) is 0 Å². The van der Waals surface area contributed by atoms with Gasteiger partial charge in [0.05, 0.1) is 11.8 Å². The predicted molar refractivity (Wildman–Crippen MR) is 89.5 cm³/mol. The Bertz CT molecular complexity index is 732. The monoisotopic (exact) mass is 370 g/mol. The minimum absolute atomic E-state index is 0.0245. The molecule has 3 rings (SSSR count). The lowest BCUT2D eigenvalue weighted by atomic mass is 10.2. The molecule has 1 aliphatic heterocycles. The molecule has 0 radical (unpaired) electrons. The zero-order chi connectivity index (χ0) is 18.7. The van der Waals surface area contributed by atoms with E-state index in [-0.39, 0.29) is 12.0 Å². The van der Waals surface area contributed by atoms with Crippen LogP contribution in [0.15, 0.2) is 18.7 Å². The van der Waals surface area contributed by atoms with Crippen molar-refractivity contribution < 1.29 is 13.2 Å². The minimum Gasteiger partial charge on any atom is -0.354 e. The van der Waals surface area contributed by atoms with Crippen LogP contribution >= 0.6 is 0 Å². The molecule has 3 N–H and O–H groups in total. The molecule has 2 aromatic rings. The SMILES string of the molecule is CC(CNc1ncnc(N2CCC(N)C2)n1)Cn1cc(C(F)(F)F)cn1. The third-order valence-corrected chi connectivity index (χ3v) is 4.13. The number of hydrogen-bond donors (Lipinski definition) is 2. The fourth-order valence-corrected chi connectivity index (χ4v) is 2.75. The summed E-state index contributed by atoms with van der Waals surface area (Å²) in [5.41, 5.74) is 5.15. The lowest BCUT2D eigenvalue weighted by Gasteiger charge is -2.16. The molecular weight excluding hydrogens is 349 g/mol. The summed E-state index contributed by atoms with van der Waals surface area (Å²) in [6, 6.07) is 0.124. The van der Waals surface area contributed by atoms with Crippen LogP contribution in [0.4, 0.5) is 25.1 Å². The van der Waals surface area contributed by atoms with Gasteiger partial charge in [-0.05, 0) is 12.3 Å². The summed E-state index contributed by atoms with van der Waals surface area (Å²) in [5.74, 6) is 1.03. The second-order valence-corrected chi connectivity index (χ2v) is 6.54. The van der Waals surface area contributed by atoms with Crippen LogP contribution in [0.1, 0.15) is 18.9 Å². The molecular formula is C15H21F3N8. The van der Waals surface area contributed by atoms with E-state index in [1.165, 1.54) is 11.0 Å². The van der Waals surface area contributed by atoms with Crippen LogP contribution < -0.4 is 16.0 Å². The number of nitrogens with one attached hydrogen (secondary N) is 1. The number of hydrogen-bond acceptors (Lipinski definition) is 7. The van der Waals surface area contributed by atoms with Gasteiger partial charge in [-0.3, -0.25) is 4.68 Å². The summed E-state index contributed by atoms with van der Waals surface area (Å²) >= 11 is 0. The van der Waals surface area contributed by atoms with Gasteiger partial charge in [0.15, 0.2) is 0 Å². The van der Waals surface area contributed by atoms with Gasteiger partial charge in [0, 0.05) is 38.4 Å². The molecule has 3 heterocycles. The maximum Gasteiger partial charge on any atom is 0.419 e. The van der Waals surface area contributed by atoms with E-state index in [1.807, 2.05) is 11.8 Å². The van der Waals surface area contributed by atoms with Crippen LogP contribution in [-0.4, -0.2) is 50.4 Å². The van der Waals surface area contributed by atoms with Crippen molar-refractivity contribution in [3.8, 4) is 0 Å². The number of halogens is 3. The van der Waals surface area contributed by atoms with Crippen LogP contribution in [0.25, 0.3) is 0 Å². The van der Waals surface area contributed by atoms with E-state index < -0.39 is 11.7 Å². The Morgan fingerprint density at radius 1 is 1.38 bits per heavy atom. The standard InChI is InChI=1S/C15H21F3N8/c1-10(6-26-7-11(5-23-26)15(16,17)18)4-20-13-21-9-22-14(24-13)25-3-2-12(19)8-25/h5,7,9-10,12H,2-4,6,8,19H2,1H3,(H,20,21,22,24). The average Bonchev–Trinajstić information content (AvgIpc) is 3.22. The predicted octanol–water partition coefficient (Wildman–Crippen LogP) is 1.37. The first-order valence-corrected chi connectivity index (χ1v) is 8.34.